The first-order valence-electron chi connectivity index (χ1n) is 5.05. The smallest absolute Gasteiger partial charge is 0.328 e. The third-order valence-electron chi connectivity index (χ3n) is 2.21. The maximum Gasteiger partial charge on any atom is 0.328 e. The van der Waals surface area contributed by atoms with Crippen molar-refractivity contribution in [3.8, 4) is 0 Å². The van der Waals surface area contributed by atoms with E-state index in [0.717, 1.165) is 0 Å². The van der Waals surface area contributed by atoms with Crippen LogP contribution in [0.2, 0.25) is 0 Å². The molecule has 0 aliphatic heterocycles. The molecule has 0 radical (unpaired) electrons. The van der Waals surface area contributed by atoms with Crippen LogP contribution in [-0.2, 0) is 9.53 Å². The lowest BCUT2D eigenvalue weighted by molar-refractivity contribution is -0.142. The number of nitrogens with zero attached hydrogens (tertiary/aromatic N) is 1. The first-order valence-corrected chi connectivity index (χ1v) is 6.12. The van der Waals surface area contributed by atoms with Gasteiger partial charge in [-0.2, -0.15) is 0 Å². The number of anilines is 1. The summed E-state index contributed by atoms with van der Waals surface area (Å²) in [6.45, 7) is 3.77. The van der Waals surface area contributed by atoms with Crippen molar-refractivity contribution in [2.75, 3.05) is 12.4 Å². The molecule has 0 bridgehead atoms. The summed E-state index contributed by atoms with van der Waals surface area (Å²) >= 11 is 1.88. The average Bonchev–Trinajstić information content (AvgIpc) is 2.29. The number of nitrogens with one attached hydrogen (secondary N) is 2. The highest BCUT2D eigenvalue weighted by Gasteiger charge is 2.24. The topological polar surface area (TPSA) is 84.1 Å². The maximum absolute atomic E-state index is 11.6. The number of methoxy groups -OCH3 is 1. The molecule has 1 aromatic rings. The van der Waals surface area contributed by atoms with Gasteiger partial charge in [-0.05, 0) is 28.5 Å². The lowest BCUT2D eigenvalue weighted by Gasteiger charge is -2.20. The molecule has 1 aromatic heterocycles. The van der Waals surface area contributed by atoms with E-state index in [9.17, 15) is 9.59 Å². The first-order chi connectivity index (χ1) is 7.97. The zero-order valence-corrected chi connectivity index (χ0v) is 11.9. The maximum atomic E-state index is 11.6. The minimum atomic E-state index is -0.525. The molecule has 0 aliphatic carbocycles. The van der Waals surface area contributed by atoms with Crippen molar-refractivity contribution >= 4 is 34.4 Å². The highest BCUT2D eigenvalue weighted by Crippen LogP contribution is 2.14. The molecule has 0 fully saturated rings. The van der Waals surface area contributed by atoms with Gasteiger partial charge in [0.2, 0.25) is 0 Å². The molecular formula is C10H14IN3O3. The molecule has 0 aliphatic rings. The third kappa shape index (κ3) is 3.42. The molecule has 94 valence electrons. The van der Waals surface area contributed by atoms with Crippen LogP contribution in [-0.4, -0.2) is 29.1 Å². The molecule has 17 heavy (non-hydrogen) atoms. The second-order valence-electron chi connectivity index (χ2n) is 3.78. The second kappa shape index (κ2) is 5.99. The Morgan fingerprint density at radius 1 is 1.59 bits per heavy atom. The number of carbonyl (C=O) groups is 1. The van der Waals surface area contributed by atoms with Gasteiger partial charge >= 0.3 is 5.97 Å². The zero-order chi connectivity index (χ0) is 13.0. The molecule has 2 N–H and O–H groups in total. The molecule has 7 heteroatoms. The zero-order valence-electron chi connectivity index (χ0n) is 9.78. The summed E-state index contributed by atoms with van der Waals surface area (Å²) < 4.78 is 5.11. The van der Waals surface area contributed by atoms with Crippen molar-refractivity contribution in [2.45, 2.75) is 19.9 Å². The molecule has 1 heterocycles. The van der Waals surface area contributed by atoms with Crippen LogP contribution >= 0.6 is 22.6 Å². The van der Waals surface area contributed by atoms with Crippen molar-refractivity contribution in [3.63, 3.8) is 0 Å². The summed E-state index contributed by atoms with van der Waals surface area (Å²) in [5, 5.41) is 2.93. The molecule has 1 rings (SSSR count). The second-order valence-corrected chi connectivity index (χ2v) is 4.86. The Bertz CT molecular complexity index is 458. The molecule has 0 spiro atoms. The fraction of sp³-hybridized carbons (Fsp3) is 0.500. The Balaban J connectivity index is 2.98. The number of aromatic nitrogens is 2. The lowest BCUT2D eigenvalue weighted by Crippen LogP contribution is -2.36. The number of aromatic amines is 1. The third-order valence-corrected chi connectivity index (χ3v) is 3.21. The van der Waals surface area contributed by atoms with Crippen LogP contribution in [0.4, 0.5) is 5.82 Å². The van der Waals surface area contributed by atoms with Gasteiger partial charge in [-0.1, -0.05) is 13.8 Å². The number of ether oxygens (including phenoxy) is 1. The van der Waals surface area contributed by atoms with Crippen molar-refractivity contribution in [1.29, 1.82) is 0 Å². The van der Waals surface area contributed by atoms with Crippen molar-refractivity contribution in [2.24, 2.45) is 5.92 Å². The largest absolute Gasteiger partial charge is 0.467 e. The van der Waals surface area contributed by atoms with E-state index in [2.05, 4.69) is 15.3 Å². The Kier molecular flexibility index (Phi) is 4.91. The van der Waals surface area contributed by atoms with E-state index in [1.165, 1.54) is 13.4 Å². The van der Waals surface area contributed by atoms with Gasteiger partial charge in [0.05, 0.1) is 13.4 Å². The number of carbonyl (C=O) groups excluding carboxylic acids is 1. The van der Waals surface area contributed by atoms with E-state index in [4.69, 9.17) is 4.74 Å². The summed E-state index contributed by atoms with van der Waals surface area (Å²) in [5.74, 6) is 0.0377. The van der Waals surface area contributed by atoms with E-state index < -0.39 is 6.04 Å². The minimum Gasteiger partial charge on any atom is -0.467 e. The summed E-state index contributed by atoms with van der Waals surface area (Å²) in [7, 11) is 1.33. The first kappa shape index (κ1) is 13.9. The minimum absolute atomic E-state index is 0.0272. The Morgan fingerprint density at radius 3 is 2.76 bits per heavy atom. The van der Waals surface area contributed by atoms with Gasteiger partial charge in [-0.3, -0.25) is 4.79 Å². The van der Waals surface area contributed by atoms with Gasteiger partial charge in [0.1, 0.15) is 15.4 Å². The number of halogens is 1. The molecule has 1 atom stereocenters. The number of rotatable bonds is 4. The highest BCUT2D eigenvalue weighted by molar-refractivity contribution is 14.1. The predicted molar refractivity (Wildman–Crippen MR) is 71.8 cm³/mol. The normalized spacial score (nSPS) is 12.3. The van der Waals surface area contributed by atoms with Crippen LogP contribution in [0, 0.1) is 9.49 Å². The number of H-pyrrole nitrogens is 1. The summed E-state index contributed by atoms with van der Waals surface area (Å²) in [5.41, 5.74) is -0.240. The van der Waals surface area contributed by atoms with E-state index in [-0.39, 0.29) is 17.4 Å². The van der Waals surface area contributed by atoms with Crippen LogP contribution in [0.25, 0.3) is 0 Å². The van der Waals surface area contributed by atoms with Crippen LogP contribution < -0.4 is 10.9 Å². The van der Waals surface area contributed by atoms with Gasteiger partial charge in [-0.25, -0.2) is 9.78 Å². The molecule has 6 nitrogen and oxygen atoms in total. The molecule has 0 saturated heterocycles. The van der Waals surface area contributed by atoms with Crippen LogP contribution in [0.1, 0.15) is 13.8 Å². The molecular weight excluding hydrogens is 337 g/mol. The van der Waals surface area contributed by atoms with Gasteiger partial charge in [0, 0.05) is 0 Å². The van der Waals surface area contributed by atoms with Gasteiger partial charge < -0.3 is 15.0 Å². The van der Waals surface area contributed by atoms with Crippen LogP contribution in [0.3, 0.4) is 0 Å². The number of esters is 1. The Morgan fingerprint density at radius 2 is 2.24 bits per heavy atom. The fourth-order valence-electron chi connectivity index (χ4n) is 1.26. The van der Waals surface area contributed by atoms with Crippen LogP contribution in [0.5, 0.6) is 0 Å². The van der Waals surface area contributed by atoms with E-state index in [1.807, 2.05) is 36.4 Å². The Hall–Kier alpha value is -1.12. The molecule has 0 amide bonds. The van der Waals surface area contributed by atoms with E-state index in [0.29, 0.717) is 9.39 Å². The highest BCUT2D eigenvalue weighted by atomic mass is 127. The number of hydrogen-bond donors (Lipinski definition) is 2. The van der Waals surface area contributed by atoms with E-state index in [1.54, 1.807) is 0 Å². The van der Waals surface area contributed by atoms with Crippen molar-refractivity contribution < 1.29 is 9.53 Å². The van der Waals surface area contributed by atoms with Crippen LogP contribution in [0.15, 0.2) is 11.1 Å². The standard InChI is InChI=1S/C10H14IN3O3/c1-5(2)7(10(16)17-3)14-8-6(11)9(15)13-4-12-8/h4-5,7H,1-3H3,(H2,12,13,14,15). The van der Waals surface area contributed by atoms with Gasteiger partial charge in [0.25, 0.3) is 5.56 Å². The van der Waals surface area contributed by atoms with Crippen molar-refractivity contribution in [1.82, 2.24) is 9.97 Å². The quantitative estimate of drug-likeness (QED) is 0.624. The summed E-state index contributed by atoms with van der Waals surface area (Å²) in [6, 6.07) is -0.525. The van der Waals surface area contributed by atoms with Gasteiger partial charge in [0.15, 0.2) is 0 Å². The summed E-state index contributed by atoms with van der Waals surface area (Å²) in [4.78, 5) is 29.4. The average molecular weight is 351 g/mol. The molecule has 0 aromatic carbocycles. The van der Waals surface area contributed by atoms with E-state index >= 15 is 0 Å². The Labute approximate surface area is 112 Å². The SMILES string of the molecule is COC(=O)C(Nc1nc[nH]c(=O)c1I)C(C)C. The summed E-state index contributed by atoms with van der Waals surface area (Å²) in [6.07, 6.45) is 1.29. The monoisotopic (exact) mass is 351 g/mol. The predicted octanol–water partition coefficient (Wildman–Crippen LogP) is 0.984. The van der Waals surface area contributed by atoms with Gasteiger partial charge in [-0.15, -0.1) is 0 Å². The molecule has 0 saturated carbocycles. The van der Waals surface area contributed by atoms with Crippen molar-refractivity contribution in [3.05, 3.63) is 20.3 Å². The molecule has 1 unspecified atom stereocenters. The number of hydrogen-bond acceptors (Lipinski definition) is 5. The fourth-order valence-corrected chi connectivity index (χ4v) is 1.71. The lowest BCUT2D eigenvalue weighted by atomic mass is 10.0.